The van der Waals surface area contributed by atoms with Crippen LogP contribution in [0.2, 0.25) is 0 Å². The van der Waals surface area contributed by atoms with E-state index in [1.54, 1.807) is 12.1 Å². The molecule has 5 nitrogen and oxygen atoms in total. The Labute approximate surface area is 120 Å². The minimum atomic E-state index is -0.107. The number of nitrogens with one attached hydrogen (secondary N) is 3. The molecule has 0 aliphatic heterocycles. The van der Waals surface area contributed by atoms with Gasteiger partial charge >= 0.3 is 0 Å². The summed E-state index contributed by atoms with van der Waals surface area (Å²) in [4.78, 5) is 23.0. The van der Waals surface area contributed by atoms with Crippen molar-refractivity contribution in [2.24, 2.45) is 5.92 Å². The summed E-state index contributed by atoms with van der Waals surface area (Å²) >= 11 is 0. The largest absolute Gasteiger partial charge is 0.326 e. The van der Waals surface area contributed by atoms with Crippen molar-refractivity contribution in [1.82, 2.24) is 5.32 Å². The van der Waals surface area contributed by atoms with Crippen LogP contribution < -0.4 is 16.0 Å². The van der Waals surface area contributed by atoms with Crippen LogP contribution in [0.5, 0.6) is 0 Å². The summed E-state index contributed by atoms with van der Waals surface area (Å²) < 4.78 is 0. The molecule has 0 saturated carbocycles. The van der Waals surface area contributed by atoms with E-state index >= 15 is 0 Å². The minimum absolute atomic E-state index is 0.0161. The molecule has 1 aromatic carbocycles. The summed E-state index contributed by atoms with van der Waals surface area (Å²) in [6, 6.07) is 5.43. The van der Waals surface area contributed by atoms with E-state index in [0.29, 0.717) is 6.54 Å². The highest BCUT2D eigenvalue weighted by Gasteiger charge is 2.12. The molecule has 1 aromatic rings. The molecule has 0 radical (unpaired) electrons. The number of amides is 2. The van der Waals surface area contributed by atoms with Gasteiger partial charge in [0, 0.05) is 30.8 Å². The van der Waals surface area contributed by atoms with Gasteiger partial charge in [0.1, 0.15) is 0 Å². The van der Waals surface area contributed by atoms with Gasteiger partial charge in [0.05, 0.1) is 0 Å². The first kappa shape index (κ1) is 16.2. The van der Waals surface area contributed by atoms with Crippen molar-refractivity contribution >= 4 is 23.2 Å². The molecule has 0 spiro atoms. The maximum atomic E-state index is 12.0. The molecule has 0 bridgehead atoms. The Morgan fingerprint density at radius 2 is 1.95 bits per heavy atom. The Morgan fingerprint density at radius 3 is 2.50 bits per heavy atom. The van der Waals surface area contributed by atoms with Crippen molar-refractivity contribution in [3.63, 3.8) is 0 Å². The highest BCUT2D eigenvalue weighted by atomic mass is 16.2. The Bertz CT molecular complexity index is 486. The van der Waals surface area contributed by atoms with E-state index in [0.717, 1.165) is 23.5 Å². The number of hydrogen-bond acceptors (Lipinski definition) is 3. The number of benzene rings is 1. The van der Waals surface area contributed by atoms with Crippen LogP contribution in [-0.4, -0.2) is 24.9 Å². The summed E-state index contributed by atoms with van der Waals surface area (Å²) in [6.07, 6.45) is 0. The standard InChI is InChI=1S/C15H23N3O2/c1-5-16-9-11(3)15(20)18-13-6-7-14(10(2)8-13)17-12(4)19/h6-8,11,16H,5,9H2,1-4H3,(H,17,19)(H,18,20). The van der Waals surface area contributed by atoms with Gasteiger partial charge in [-0.05, 0) is 37.2 Å². The van der Waals surface area contributed by atoms with Crippen molar-refractivity contribution < 1.29 is 9.59 Å². The first-order valence-corrected chi connectivity index (χ1v) is 6.83. The second-order valence-corrected chi connectivity index (χ2v) is 4.91. The van der Waals surface area contributed by atoms with Gasteiger partial charge in [-0.3, -0.25) is 9.59 Å². The fourth-order valence-corrected chi connectivity index (χ4v) is 1.79. The zero-order valence-corrected chi connectivity index (χ0v) is 12.5. The van der Waals surface area contributed by atoms with Gasteiger partial charge in [-0.15, -0.1) is 0 Å². The average molecular weight is 277 g/mol. The first-order valence-electron chi connectivity index (χ1n) is 6.83. The van der Waals surface area contributed by atoms with Gasteiger partial charge < -0.3 is 16.0 Å². The molecular weight excluding hydrogens is 254 g/mol. The molecule has 1 atom stereocenters. The molecule has 0 aliphatic rings. The summed E-state index contributed by atoms with van der Waals surface area (Å²) in [7, 11) is 0. The van der Waals surface area contributed by atoms with E-state index in [9.17, 15) is 9.59 Å². The third-order valence-corrected chi connectivity index (χ3v) is 2.95. The number of carbonyl (C=O) groups excluding carboxylic acids is 2. The van der Waals surface area contributed by atoms with Crippen LogP contribution >= 0.6 is 0 Å². The van der Waals surface area contributed by atoms with Gasteiger partial charge in [0.2, 0.25) is 11.8 Å². The van der Waals surface area contributed by atoms with Crippen molar-refractivity contribution in [2.45, 2.75) is 27.7 Å². The van der Waals surface area contributed by atoms with Crippen molar-refractivity contribution in [3.05, 3.63) is 23.8 Å². The van der Waals surface area contributed by atoms with Crippen molar-refractivity contribution in [3.8, 4) is 0 Å². The van der Waals surface area contributed by atoms with Gasteiger partial charge in [-0.2, -0.15) is 0 Å². The molecule has 0 fully saturated rings. The first-order chi connectivity index (χ1) is 9.43. The van der Waals surface area contributed by atoms with Crippen LogP contribution in [-0.2, 0) is 9.59 Å². The van der Waals surface area contributed by atoms with E-state index in [2.05, 4.69) is 16.0 Å². The number of rotatable bonds is 6. The molecule has 0 aliphatic carbocycles. The molecule has 1 unspecified atom stereocenters. The lowest BCUT2D eigenvalue weighted by atomic mass is 10.1. The summed E-state index contributed by atoms with van der Waals surface area (Å²) in [5, 5.41) is 8.77. The number of anilines is 2. The fourth-order valence-electron chi connectivity index (χ4n) is 1.79. The molecule has 3 N–H and O–H groups in total. The fraction of sp³-hybridized carbons (Fsp3) is 0.467. The Balaban J connectivity index is 2.67. The summed E-state index contributed by atoms with van der Waals surface area (Å²) in [5.74, 6) is -0.216. The Morgan fingerprint density at radius 1 is 1.25 bits per heavy atom. The topological polar surface area (TPSA) is 70.2 Å². The molecular formula is C15H23N3O2. The van der Waals surface area contributed by atoms with Gasteiger partial charge in [-0.1, -0.05) is 13.8 Å². The van der Waals surface area contributed by atoms with Crippen LogP contribution in [0.3, 0.4) is 0 Å². The van der Waals surface area contributed by atoms with Crippen LogP contribution in [0, 0.1) is 12.8 Å². The van der Waals surface area contributed by atoms with E-state index in [1.807, 2.05) is 26.8 Å². The molecule has 2 amide bonds. The zero-order chi connectivity index (χ0) is 15.1. The molecule has 20 heavy (non-hydrogen) atoms. The second-order valence-electron chi connectivity index (χ2n) is 4.91. The molecule has 0 saturated heterocycles. The SMILES string of the molecule is CCNCC(C)C(=O)Nc1ccc(NC(C)=O)c(C)c1. The minimum Gasteiger partial charge on any atom is -0.326 e. The van der Waals surface area contributed by atoms with Crippen LogP contribution in [0.15, 0.2) is 18.2 Å². The second kappa shape index (κ2) is 7.65. The lowest BCUT2D eigenvalue weighted by Gasteiger charge is -2.14. The van der Waals surface area contributed by atoms with E-state index in [4.69, 9.17) is 0 Å². The normalized spacial score (nSPS) is 11.8. The third-order valence-electron chi connectivity index (χ3n) is 2.95. The monoisotopic (exact) mass is 277 g/mol. The number of hydrogen-bond donors (Lipinski definition) is 3. The van der Waals surface area contributed by atoms with Crippen molar-refractivity contribution in [1.29, 1.82) is 0 Å². The van der Waals surface area contributed by atoms with Crippen molar-refractivity contribution in [2.75, 3.05) is 23.7 Å². The lowest BCUT2D eigenvalue weighted by molar-refractivity contribution is -0.119. The van der Waals surface area contributed by atoms with Gasteiger partial charge in [0.15, 0.2) is 0 Å². The highest BCUT2D eigenvalue weighted by Crippen LogP contribution is 2.20. The zero-order valence-electron chi connectivity index (χ0n) is 12.5. The van der Waals surface area contributed by atoms with E-state index in [-0.39, 0.29) is 17.7 Å². The maximum Gasteiger partial charge on any atom is 0.228 e. The molecule has 1 rings (SSSR count). The molecule has 0 heterocycles. The van der Waals surface area contributed by atoms with E-state index < -0.39 is 0 Å². The number of aryl methyl sites for hydroxylation is 1. The molecule has 0 aromatic heterocycles. The van der Waals surface area contributed by atoms with E-state index in [1.165, 1.54) is 6.92 Å². The predicted octanol–water partition coefficient (Wildman–Crippen LogP) is 2.14. The highest BCUT2D eigenvalue weighted by molar-refractivity contribution is 5.94. The average Bonchev–Trinajstić information content (AvgIpc) is 2.38. The Kier molecular flexibility index (Phi) is 6.18. The molecule has 110 valence electrons. The third kappa shape index (κ3) is 5.01. The summed E-state index contributed by atoms with van der Waals surface area (Å²) in [5.41, 5.74) is 2.42. The predicted molar refractivity (Wildman–Crippen MR) is 81.8 cm³/mol. The smallest absolute Gasteiger partial charge is 0.228 e. The van der Waals surface area contributed by atoms with Gasteiger partial charge in [-0.25, -0.2) is 0 Å². The lowest BCUT2D eigenvalue weighted by Crippen LogP contribution is -2.30. The Hall–Kier alpha value is -1.88. The van der Waals surface area contributed by atoms with Crippen LogP contribution in [0.1, 0.15) is 26.3 Å². The van der Waals surface area contributed by atoms with Crippen LogP contribution in [0.25, 0.3) is 0 Å². The maximum absolute atomic E-state index is 12.0. The quantitative estimate of drug-likeness (QED) is 0.746. The van der Waals surface area contributed by atoms with Crippen LogP contribution in [0.4, 0.5) is 11.4 Å². The van der Waals surface area contributed by atoms with Gasteiger partial charge in [0.25, 0.3) is 0 Å². The summed E-state index contributed by atoms with van der Waals surface area (Å²) in [6.45, 7) is 8.76. The number of carbonyl (C=O) groups is 2. The molecule has 5 heteroatoms.